The summed E-state index contributed by atoms with van der Waals surface area (Å²) >= 11 is 5.93. The number of nitrogens with zero attached hydrogens (tertiary/aromatic N) is 1. The second kappa shape index (κ2) is 6.42. The fraction of sp³-hybridized carbons (Fsp3) is 0.278. The molecule has 3 rings (SSSR count). The van der Waals surface area contributed by atoms with Gasteiger partial charge in [-0.1, -0.05) is 17.7 Å². The van der Waals surface area contributed by atoms with E-state index in [0.717, 1.165) is 17.4 Å². The number of carbonyl (C=O) groups excluding carboxylic acids is 1. The molecule has 1 aliphatic rings. The molecule has 0 saturated heterocycles. The fourth-order valence-corrected chi connectivity index (χ4v) is 4.42. The van der Waals surface area contributed by atoms with Crippen LogP contribution in [0.1, 0.15) is 27.9 Å². The number of anilines is 1. The first kappa shape index (κ1) is 17.9. The van der Waals surface area contributed by atoms with E-state index in [1.54, 1.807) is 0 Å². The molecule has 0 aliphatic carbocycles. The van der Waals surface area contributed by atoms with E-state index in [1.165, 1.54) is 29.2 Å². The van der Waals surface area contributed by atoms with E-state index in [9.17, 15) is 17.6 Å². The molecule has 0 aromatic heterocycles. The number of rotatable bonds is 2. The zero-order valence-corrected chi connectivity index (χ0v) is 15.4. The fourth-order valence-electron chi connectivity index (χ4n) is 3.12. The van der Waals surface area contributed by atoms with Crippen LogP contribution in [0.15, 0.2) is 35.2 Å². The number of amides is 1. The van der Waals surface area contributed by atoms with Gasteiger partial charge in [0.1, 0.15) is 5.82 Å². The van der Waals surface area contributed by atoms with Crippen molar-refractivity contribution in [3.8, 4) is 0 Å². The molecule has 1 heterocycles. The highest BCUT2D eigenvalue weighted by molar-refractivity contribution is 7.90. The van der Waals surface area contributed by atoms with Crippen molar-refractivity contribution >= 4 is 33.0 Å². The molecule has 0 bridgehead atoms. The third-order valence-electron chi connectivity index (χ3n) is 4.21. The van der Waals surface area contributed by atoms with Crippen molar-refractivity contribution in [3.63, 3.8) is 0 Å². The number of benzene rings is 2. The topological polar surface area (TPSA) is 54.5 Å². The molecule has 0 saturated carbocycles. The highest BCUT2D eigenvalue weighted by Gasteiger charge is 2.28. The van der Waals surface area contributed by atoms with Gasteiger partial charge in [-0.2, -0.15) is 0 Å². The van der Waals surface area contributed by atoms with Gasteiger partial charge in [0.05, 0.1) is 15.6 Å². The first-order valence-electron chi connectivity index (χ1n) is 7.79. The Bertz CT molecular complexity index is 973. The van der Waals surface area contributed by atoms with Crippen molar-refractivity contribution in [3.05, 3.63) is 57.9 Å². The Kier molecular flexibility index (Phi) is 4.60. The lowest BCUT2D eigenvalue weighted by atomic mass is 9.98. The Hall–Kier alpha value is -1.92. The quantitative estimate of drug-likeness (QED) is 0.795. The van der Waals surface area contributed by atoms with Crippen molar-refractivity contribution in [2.24, 2.45) is 0 Å². The Labute approximate surface area is 151 Å². The van der Waals surface area contributed by atoms with Gasteiger partial charge in [0.25, 0.3) is 5.91 Å². The highest BCUT2D eigenvalue weighted by atomic mass is 35.5. The van der Waals surface area contributed by atoms with Gasteiger partial charge >= 0.3 is 0 Å². The normalized spacial score (nSPS) is 14.3. The van der Waals surface area contributed by atoms with Gasteiger partial charge in [-0.05, 0) is 55.2 Å². The molecule has 0 atom stereocenters. The van der Waals surface area contributed by atoms with E-state index < -0.39 is 21.6 Å². The van der Waals surface area contributed by atoms with Crippen molar-refractivity contribution < 1.29 is 17.6 Å². The maximum absolute atomic E-state index is 14.5. The summed E-state index contributed by atoms with van der Waals surface area (Å²) in [5.41, 5.74) is 2.03. The van der Waals surface area contributed by atoms with Gasteiger partial charge in [-0.25, -0.2) is 12.8 Å². The molecule has 0 N–H and O–H groups in total. The number of carbonyl (C=O) groups is 1. The molecule has 25 heavy (non-hydrogen) atoms. The molecule has 0 spiro atoms. The van der Waals surface area contributed by atoms with Crippen LogP contribution in [-0.2, 0) is 16.3 Å². The summed E-state index contributed by atoms with van der Waals surface area (Å²) in [4.78, 5) is 14.2. The maximum atomic E-state index is 14.5. The largest absolute Gasteiger partial charge is 0.305 e. The first-order valence-corrected chi connectivity index (χ1v) is 10.1. The molecule has 132 valence electrons. The van der Waals surface area contributed by atoms with Crippen LogP contribution in [0.3, 0.4) is 0 Å². The monoisotopic (exact) mass is 381 g/mol. The van der Waals surface area contributed by atoms with Gasteiger partial charge in [-0.3, -0.25) is 4.79 Å². The number of sulfone groups is 1. The van der Waals surface area contributed by atoms with E-state index in [-0.39, 0.29) is 21.2 Å². The molecule has 4 nitrogen and oxygen atoms in total. The number of aryl methyl sites for hydroxylation is 2. The summed E-state index contributed by atoms with van der Waals surface area (Å²) < 4.78 is 38.1. The summed E-state index contributed by atoms with van der Waals surface area (Å²) in [6, 6.07) is 7.36. The van der Waals surface area contributed by atoms with Crippen molar-refractivity contribution in [1.82, 2.24) is 0 Å². The summed E-state index contributed by atoms with van der Waals surface area (Å²) in [5.74, 6) is -0.884. The van der Waals surface area contributed by atoms with Crippen LogP contribution in [0.2, 0.25) is 5.02 Å². The van der Waals surface area contributed by atoms with E-state index in [1.807, 2.05) is 13.0 Å². The van der Waals surface area contributed by atoms with Crippen molar-refractivity contribution in [2.45, 2.75) is 24.7 Å². The first-order chi connectivity index (χ1) is 11.7. The van der Waals surface area contributed by atoms with Gasteiger partial charge in [-0.15, -0.1) is 0 Å². The Morgan fingerprint density at radius 2 is 1.96 bits per heavy atom. The second-order valence-corrected chi connectivity index (χ2v) is 8.62. The van der Waals surface area contributed by atoms with Crippen LogP contribution in [0, 0.1) is 12.7 Å². The number of hydrogen-bond acceptors (Lipinski definition) is 3. The molecule has 2 aromatic carbocycles. The summed E-state index contributed by atoms with van der Waals surface area (Å²) in [5, 5.41) is 0.0555. The molecule has 0 fully saturated rings. The molecule has 0 unspecified atom stereocenters. The lowest BCUT2D eigenvalue weighted by Crippen LogP contribution is -2.36. The minimum absolute atomic E-state index is 0.0555. The van der Waals surface area contributed by atoms with E-state index in [4.69, 9.17) is 11.6 Å². The summed E-state index contributed by atoms with van der Waals surface area (Å²) in [6.45, 7) is 2.18. The van der Waals surface area contributed by atoms with Crippen molar-refractivity contribution in [2.75, 3.05) is 17.7 Å². The van der Waals surface area contributed by atoms with Gasteiger partial charge in [0.2, 0.25) is 0 Å². The average Bonchev–Trinajstić information content (AvgIpc) is 2.52. The summed E-state index contributed by atoms with van der Waals surface area (Å²) in [6.07, 6.45) is 2.45. The molecular weight excluding hydrogens is 365 g/mol. The smallest absolute Gasteiger partial charge is 0.258 e. The molecule has 0 radical (unpaired) electrons. The minimum atomic E-state index is -3.57. The third kappa shape index (κ3) is 3.41. The molecule has 1 aliphatic heterocycles. The second-order valence-electron chi connectivity index (χ2n) is 6.23. The van der Waals surface area contributed by atoms with Gasteiger partial charge in [0, 0.05) is 18.4 Å². The lowest BCUT2D eigenvalue weighted by Gasteiger charge is -2.30. The lowest BCUT2D eigenvalue weighted by molar-refractivity contribution is 0.0984. The standard InChI is InChI=1S/C18H17ClFNO3S/c1-11-8-12-4-3-7-21(17(12)15(20)9-11)18(22)13-5-6-14(19)16(10-13)25(2,23)24/h5-6,8-10H,3-4,7H2,1-2H3. The predicted molar refractivity (Wildman–Crippen MR) is 95.7 cm³/mol. The van der Waals surface area contributed by atoms with E-state index >= 15 is 0 Å². The predicted octanol–water partition coefficient (Wildman–Crippen LogP) is 3.78. The minimum Gasteiger partial charge on any atom is -0.305 e. The third-order valence-corrected chi connectivity index (χ3v) is 5.79. The zero-order valence-electron chi connectivity index (χ0n) is 13.8. The van der Waals surface area contributed by atoms with Crippen LogP contribution < -0.4 is 4.90 Å². The van der Waals surface area contributed by atoms with Crippen LogP contribution in [0.25, 0.3) is 0 Å². The Balaban J connectivity index is 2.07. The maximum Gasteiger partial charge on any atom is 0.258 e. The zero-order chi connectivity index (χ0) is 18.4. The van der Waals surface area contributed by atoms with Crippen molar-refractivity contribution in [1.29, 1.82) is 0 Å². The molecular formula is C18H17ClFNO3S. The number of halogens is 2. The average molecular weight is 382 g/mol. The van der Waals surface area contributed by atoms with E-state index in [0.29, 0.717) is 19.4 Å². The van der Waals surface area contributed by atoms with Crippen LogP contribution in [0.5, 0.6) is 0 Å². The SMILES string of the molecule is Cc1cc(F)c2c(c1)CCCN2C(=O)c1ccc(Cl)c(S(C)(=O)=O)c1. The Morgan fingerprint density at radius 3 is 2.64 bits per heavy atom. The van der Waals surface area contributed by atoms with Crippen LogP contribution in [0.4, 0.5) is 10.1 Å². The van der Waals surface area contributed by atoms with Gasteiger partial charge < -0.3 is 4.90 Å². The van der Waals surface area contributed by atoms with Crippen LogP contribution in [-0.4, -0.2) is 27.1 Å². The molecule has 7 heteroatoms. The van der Waals surface area contributed by atoms with Gasteiger partial charge in [0.15, 0.2) is 9.84 Å². The Morgan fingerprint density at radius 1 is 1.24 bits per heavy atom. The van der Waals surface area contributed by atoms with Crippen LogP contribution >= 0.6 is 11.6 Å². The summed E-state index contributed by atoms with van der Waals surface area (Å²) in [7, 11) is -3.57. The number of fused-ring (bicyclic) bond motifs is 1. The molecule has 2 aromatic rings. The highest BCUT2D eigenvalue weighted by Crippen LogP contribution is 2.33. The molecule has 1 amide bonds. The van der Waals surface area contributed by atoms with E-state index in [2.05, 4.69) is 0 Å². The number of hydrogen-bond donors (Lipinski definition) is 0.